The summed E-state index contributed by atoms with van der Waals surface area (Å²) in [5.74, 6) is 1.69. The van der Waals surface area contributed by atoms with E-state index in [1.54, 1.807) is 0 Å². The summed E-state index contributed by atoms with van der Waals surface area (Å²) < 4.78 is 5.34. The molecular formula is C12H25NO. The van der Waals surface area contributed by atoms with Gasteiger partial charge in [0.25, 0.3) is 0 Å². The molecule has 1 fully saturated rings. The first-order valence-corrected chi connectivity index (χ1v) is 6.11. The van der Waals surface area contributed by atoms with Crippen molar-refractivity contribution in [3.05, 3.63) is 0 Å². The van der Waals surface area contributed by atoms with E-state index in [4.69, 9.17) is 4.74 Å². The fourth-order valence-corrected chi connectivity index (χ4v) is 2.08. The summed E-state index contributed by atoms with van der Waals surface area (Å²) in [6.07, 6.45) is 5.14. The Hall–Kier alpha value is -0.0800. The van der Waals surface area contributed by atoms with E-state index in [2.05, 4.69) is 19.2 Å². The molecule has 1 unspecified atom stereocenters. The quantitative estimate of drug-likeness (QED) is 0.709. The lowest BCUT2D eigenvalue weighted by atomic mass is 10.00. The molecule has 1 aliphatic rings. The van der Waals surface area contributed by atoms with Crippen LogP contribution in [-0.4, -0.2) is 26.3 Å². The van der Waals surface area contributed by atoms with Crippen molar-refractivity contribution in [3.8, 4) is 0 Å². The van der Waals surface area contributed by atoms with Gasteiger partial charge in [-0.2, -0.15) is 0 Å². The maximum Gasteiger partial charge on any atom is 0.0469 e. The van der Waals surface area contributed by atoms with Gasteiger partial charge < -0.3 is 10.1 Å². The van der Waals surface area contributed by atoms with Crippen LogP contribution in [0, 0.1) is 11.8 Å². The molecule has 0 bridgehead atoms. The van der Waals surface area contributed by atoms with Crippen molar-refractivity contribution in [2.45, 2.75) is 39.5 Å². The van der Waals surface area contributed by atoms with Crippen molar-refractivity contribution in [1.82, 2.24) is 5.32 Å². The molecule has 1 heterocycles. The summed E-state index contributed by atoms with van der Waals surface area (Å²) in [7, 11) is 0. The van der Waals surface area contributed by atoms with E-state index in [0.29, 0.717) is 0 Å². The number of nitrogens with one attached hydrogen (secondary N) is 1. The van der Waals surface area contributed by atoms with Gasteiger partial charge in [-0.15, -0.1) is 0 Å². The second-order valence-corrected chi connectivity index (χ2v) is 4.61. The summed E-state index contributed by atoms with van der Waals surface area (Å²) in [5, 5.41) is 3.58. The van der Waals surface area contributed by atoms with Gasteiger partial charge in [0.1, 0.15) is 0 Å². The van der Waals surface area contributed by atoms with Crippen molar-refractivity contribution >= 4 is 0 Å². The average molecular weight is 199 g/mol. The normalized spacial score (nSPS) is 21.0. The van der Waals surface area contributed by atoms with Crippen LogP contribution in [0.15, 0.2) is 0 Å². The minimum atomic E-state index is 0.833. The lowest BCUT2D eigenvalue weighted by molar-refractivity contribution is 0.0661. The molecule has 0 aromatic rings. The molecule has 1 N–H and O–H groups in total. The van der Waals surface area contributed by atoms with Crippen molar-refractivity contribution in [3.63, 3.8) is 0 Å². The van der Waals surface area contributed by atoms with Gasteiger partial charge in [0, 0.05) is 13.2 Å². The molecule has 84 valence electrons. The second kappa shape index (κ2) is 7.24. The van der Waals surface area contributed by atoms with E-state index in [9.17, 15) is 0 Å². The van der Waals surface area contributed by atoms with Crippen LogP contribution in [0.25, 0.3) is 0 Å². The van der Waals surface area contributed by atoms with E-state index in [-0.39, 0.29) is 0 Å². The Morgan fingerprint density at radius 1 is 1.36 bits per heavy atom. The monoisotopic (exact) mass is 199 g/mol. The highest BCUT2D eigenvalue weighted by Crippen LogP contribution is 2.13. The molecule has 0 radical (unpaired) electrons. The first-order valence-electron chi connectivity index (χ1n) is 6.11. The van der Waals surface area contributed by atoms with Crippen LogP contribution in [0.4, 0.5) is 0 Å². The van der Waals surface area contributed by atoms with E-state index < -0.39 is 0 Å². The summed E-state index contributed by atoms with van der Waals surface area (Å²) in [5.41, 5.74) is 0. The van der Waals surface area contributed by atoms with Crippen LogP contribution >= 0.6 is 0 Å². The van der Waals surface area contributed by atoms with Gasteiger partial charge in [0.2, 0.25) is 0 Å². The third-order valence-electron chi connectivity index (χ3n) is 3.05. The average Bonchev–Trinajstić information content (AvgIpc) is 2.20. The molecule has 0 spiro atoms. The Morgan fingerprint density at radius 2 is 2.07 bits per heavy atom. The largest absolute Gasteiger partial charge is 0.381 e. The van der Waals surface area contributed by atoms with Crippen molar-refractivity contribution in [2.75, 3.05) is 26.3 Å². The highest BCUT2D eigenvalue weighted by atomic mass is 16.5. The Balaban J connectivity index is 1.96. The van der Waals surface area contributed by atoms with Crippen LogP contribution in [0.2, 0.25) is 0 Å². The van der Waals surface area contributed by atoms with E-state index in [0.717, 1.165) is 25.0 Å². The molecule has 1 atom stereocenters. The van der Waals surface area contributed by atoms with Crippen LogP contribution in [0.3, 0.4) is 0 Å². The molecule has 0 aromatic heterocycles. The zero-order chi connectivity index (χ0) is 10.2. The highest BCUT2D eigenvalue weighted by Gasteiger charge is 2.13. The predicted molar refractivity (Wildman–Crippen MR) is 60.5 cm³/mol. The van der Waals surface area contributed by atoms with Gasteiger partial charge in [0.15, 0.2) is 0 Å². The first kappa shape index (κ1) is 12.0. The molecule has 0 aromatic carbocycles. The summed E-state index contributed by atoms with van der Waals surface area (Å²) in [6.45, 7) is 8.91. The fourth-order valence-electron chi connectivity index (χ4n) is 2.08. The Kier molecular flexibility index (Phi) is 6.20. The fraction of sp³-hybridized carbons (Fsp3) is 1.00. The summed E-state index contributed by atoms with van der Waals surface area (Å²) in [6, 6.07) is 0. The minimum Gasteiger partial charge on any atom is -0.381 e. The molecule has 1 saturated heterocycles. The van der Waals surface area contributed by atoms with Gasteiger partial charge in [-0.05, 0) is 44.2 Å². The summed E-state index contributed by atoms with van der Waals surface area (Å²) in [4.78, 5) is 0. The van der Waals surface area contributed by atoms with Gasteiger partial charge in [0.05, 0.1) is 0 Å². The standard InChI is InChI=1S/C12H25NO/c1-3-4-11(2)9-13-10-12-5-7-14-8-6-12/h11-13H,3-10H2,1-2H3. The molecule has 0 aliphatic carbocycles. The van der Waals surface area contributed by atoms with Gasteiger partial charge in [-0.1, -0.05) is 20.3 Å². The van der Waals surface area contributed by atoms with Crippen LogP contribution < -0.4 is 5.32 Å². The van der Waals surface area contributed by atoms with Gasteiger partial charge in [-0.3, -0.25) is 0 Å². The predicted octanol–water partition coefficient (Wildman–Crippen LogP) is 2.44. The van der Waals surface area contributed by atoms with Gasteiger partial charge >= 0.3 is 0 Å². The van der Waals surface area contributed by atoms with Crippen molar-refractivity contribution < 1.29 is 4.74 Å². The molecule has 0 amide bonds. The summed E-state index contributed by atoms with van der Waals surface area (Å²) >= 11 is 0. The molecule has 1 rings (SSSR count). The van der Waals surface area contributed by atoms with Crippen molar-refractivity contribution in [2.24, 2.45) is 11.8 Å². The Labute approximate surface area is 88.4 Å². The van der Waals surface area contributed by atoms with Crippen LogP contribution in [0.5, 0.6) is 0 Å². The number of rotatable bonds is 6. The molecule has 14 heavy (non-hydrogen) atoms. The van der Waals surface area contributed by atoms with Crippen LogP contribution in [-0.2, 0) is 4.74 Å². The molecular weight excluding hydrogens is 174 g/mol. The molecule has 2 nitrogen and oxygen atoms in total. The maximum atomic E-state index is 5.34. The first-order chi connectivity index (χ1) is 6.83. The van der Waals surface area contributed by atoms with Crippen LogP contribution in [0.1, 0.15) is 39.5 Å². The lowest BCUT2D eigenvalue weighted by Gasteiger charge is -2.23. The zero-order valence-corrected chi connectivity index (χ0v) is 9.72. The lowest BCUT2D eigenvalue weighted by Crippen LogP contribution is -2.30. The maximum absolute atomic E-state index is 5.34. The Morgan fingerprint density at radius 3 is 2.71 bits per heavy atom. The number of ether oxygens (including phenoxy) is 1. The molecule has 2 heteroatoms. The minimum absolute atomic E-state index is 0.833. The third-order valence-corrected chi connectivity index (χ3v) is 3.05. The van der Waals surface area contributed by atoms with E-state index >= 15 is 0 Å². The van der Waals surface area contributed by atoms with E-state index in [1.807, 2.05) is 0 Å². The molecule has 1 aliphatic heterocycles. The topological polar surface area (TPSA) is 21.3 Å². The Bertz CT molecular complexity index is 132. The molecule has 0 saturated carbocycles. The highest BCUT2D eigenvalue weighted by molar-refractivity contribution is 4.67. The van der Waals surface area contributed by atoms with Crippen molar-refractivity contribution in [1.29, 1.82) is 0 Å². The van der Waals surface area contributed by atoms with E-state index in [1.165, 1.54) is 38.8 Å². The SMILES string of the molecule is CCCC(C)CNCC1CCOCC1. The zero-order valence-electron chi connectivity index (χ0n) is 9.72. The number of hydrogen-bond donors (Lipinski definition) is 1. The smallest absolute Gasteiger partial charge is 0.0469 e. The number of hydrogen-bond acceptors (Lipinski definition) is 2. The second-order valence-electron chi connectivity index (χ2n) is 4.61. The van der Waals surface area contributed by atoms with Gasteiger partial charge in [-0.25, -0.2) is 0 Å². The third kappa shape index (κ3) is 4.97.